The summed E-state index contributed by atoms with van der Waals surface area (Å²) in [7, 11) is 1.40. The quantitative estimate of drug-likeness (QED) is 0.611. The number of hydrogen-bond donors (Lipinski definition) is 0. The molecule has 0 saturated heterocycles. The first-order valence-corrected chi connectivity index (χ1v) is 7.53. The van der Waals surface area contributed by atoms with Crippen molar-refractivity contribution >= 4 is 25.7 Å². The van der Waals surface area contributed by atoms with Crippen molar-refractivity contribution in [3.05, 3.63) is 18.0 Å². The molecular weight excluding hydrogens is 266 g/mol. The van der Waals surface area contributed by atoms with E-state index < -0.39 is 15.0 Å². The number of carbonyl (C=O) groups is 1. The van der Waals surface area contributed by atoms with Crippen LogP contribution in [0.3, 0.4) is 0 Å². The lowest BCUT2D eigenvalue weighted by molar-refractivity contribution is 0.0513. The highest BCUT2D eigenvalue weighted by Gasteiger charge is 2.20. The Morgan fingerprint density at radius 3 is 2.59 bits per heavy atom. The van der Waals surface area contributed by atoms with Gasteiger partial charge in [0.25, 0.3) is 9.05 Å². The molecule has 0 saturated carbocycles. The third-order valence-electron chi connectivity index (χ3n) is 2.10. The van der Waals surface area contributed by atoms with Crippen molar-refractivity contribution in [1.82, 2.24) is 4.57 Å². The van der Waals surface area contributed by atoms with E-state index in [1.54, 1.807) is 6.92 Å². The smallest absolute Gasteiger partial charge is 0.354 e. The van der Waals surface area contributed by atoms with Crippen LogP contribution >= 0.6 is 10.7 Å². The maximum atomic E-state index is 11.6. The Labute approximate surface area is 105 Å². The zero-order chi connectivity index (χ0) is 13.1. The Morgan fingerprint density at radius 1 is 1.47 bits per heavy atom. The number of nitrogens with zero attached hydrogens (tertiary/aromatic N) is 1. The molecule has 0 aromatic carbocycles. The number of rotatable bonds is 5. The number of aromatic nitrogens is 1. The van der Waals surface area contributed by atoms with E-state index in [2.05, 4.69) is 0 Å². The summed E-state index contributed by atoms with van der Waals surface area (Å²) >= 11 is 0. The lowest BCUT2D eigenvalue weighted by Gasteiger charge is -2.06. The Kier molecular flexibility index (Phi) is 4.59. The summed E-state index contributed by atoms with van der Waals surface area (Å²) in [5.74, 6) is -0.549. The van der Waals surface area contributed by atoms with Crippen LogP contribution in [0.2, 0.25) is 0 Å². The fraction of sp³-hybridized carbons (Fsp3) is 0.500. The van der Waals surface area contributed by atoms with Crippen LogP contribution in [0.1, 0.15) is 30.8 Å². The Hall–Kier alpha value is -1.01. The van der Waals surface area contributed by atoms with Crippen LogP contribution in [0.4, 0.5) is 0 Å². The monoisotopic (exact) mass is 279 g/mol. The second-order valence-electron chi connectivity index (χ2n) is 3.41. The minimum absolute atomic E-state index is 0.0873. The van der Waals surface area contributed by atoms with Crippen LogP contribution in [0.5, 0.6) is 0 Å². The van der Waals surface area contributed by atoms with E-state index in [9.17, 15) is 13.2 Å². The van der Waals surface area contributed by atoms with Crippen molar-refractivity contribution in [2.24, 2.45) is 0 Å². The average molecular weight is 280 g/mol. The van der Waals surface area contributed by atoms with Gasteiger partial charge in [0.2, 0.25) is 0 Å². The van der Waals surface area contributed by atoms with Gasteiger partial charge in [0.15, 0.2) is 0 Å². The van der Waals surface area contributed by atoms with Crippen LogP contribution in [-0.4, -0.2) is 25.6 Å². The molecule has 0 aliphatic heterocycles. The van der Waals surface area contributed by atoms with E-state index in [-0.39, 0.29) is 17.2 Å². The van der Waals surface area contributed by atoms with Gasteiger partial charge in [-0.2, -0.15) is 0 Å². The second-order valence-corrected chi connectivity index (χ2v) is 5.98. The highest BCUT2D eigenvalue weighted by molar-refractivity contribution is 8.13. The van der Waals surface area contributed by atoms with E-state index in [1.165, 1.54) is 16.8 Å². The van der Waals surface area contributed by atoms with Crippen LogP contribution in [0.15, 0.2) is 17.2 Å². The Balaban J connectivity index is 3.18. The van der Waals surface area contributed by atoms with E-state index in [0.29, 0.717) is 6.54 Å². The van der Waals surface area contributed by atoms with Gasteiger partial charge in [0, 0.05) is 23.4 Å². The molecule has 0 bridgehead atoms. The molecule has 0 radical (unpaired) electrons. The van der Waals surface area contributed by atoms with Crippen molar-refractivity contribution in [1.29, 1.82) is 0 Å². The first-order valence-electron chi connectivity index (χ1n) is 5.22. The summed E-state index contributed by atoms with van der Waals surface area (Å²) in [6.45, 7) is 4.37. The average Bonchev–Trinajstić information content (AvgIpc) is 2.62. The summed E-state index contributed by atoms with van der Waals surface area (Å²) in [4.78, 5) is 11.5. The maximum Gasteiger partial charge on any atom is 0.354 e. The minimum Gasteiger partial charge on any atom is -0.461 e. The predicted octanol–water partition coefficient (Wildman–Crippen LogP) is 2.00. The van der Waals surface area contributed by atoms with Crippen molar-refractivity contribution in [2.75, 3.05) is 6.61 Å². The zero-order valence-electron chi connectivity index (χ0n) is 9.64. The number of aryl methyl sites for hydroxylation is 1. The fourth-order valence-corrected chi connectivity index (χ4v) is 2.18. The van der Waals surface area contributed by atoms with E-state index >= 15 is 0 Å². The summed E-state index contributed by atoms with van der Waals surface area (Å²) in [6.07, 6.45) is 2.11. The predicted molar refractivity (Wildman–Crippen MR) is 63.7 cm³/mol. The molecule has 17 heavy (non-hydrogen) atoms. The molecule has 1 rings (SSSR count). The molecule has 0 aliphatic carbocycles. The summed E-state index contributed by atoms with van der Waals surface area (Å²) in [5, 5.41) is 0. The van der Waals surface area contributed by atoms with Gasteiger partial charge >= 0.3 is 5.97 Å². The molecule has 0 N–H and O–H groups in total. The van der Waals surface area contributed by atoms with Crippen LogP contribution in [0, 0.1) is 0 Å². The van der Waals surface area contributed by atoms with Crippen molar-refractivity contribution in [3.8, 4) is 0 Å². The van der Waals surface area contributed by atoms with Gasteiger partial charge in [-0.05, 0) is 19.4 Å². The molecule has 7 heteroatoms. The highest BCUT2D eigenvalue weighted by atomic mass is 35.7. The molecule has 0 fully saturated rings. The van der Waals surface area contributed by atoms with E-state index in [4.69, 9.17) is 15.4 Å². The van der Waals surface area contributed by atoms with Gasteiger partial charge in [-0.15, -0.1) is 0 Å². The van der Waals surface area contributed by atoms with Gasteiger partial charge < -0.3 is 9.30 Å². The number of carbonyl (C=O) groups excluding carboxylic acids is 1. The van der Waals surface area contributed by atoms with Gasteiger partial charge in [-0.25, -0.2) is 13.2 Å². The molecule has 1 aromatic rings. The first kappa shape index (κ1) is 14.1. The molecule has 0 amide bonds. The largest absolute Gasteiger partial charge is 0.461 e. The van der Waals surface area contributed by atoms with Gasteiger partial charge in [0.05, 0.1) is 6.61 Å². The summed E-state index contributed by atoms with van der Waals surface area (Å²) < 4.78 is 28.7. The Bertz CT molecular complexity index is 506. The fourth-order valence-electron chi connectivity index (χ4n) is 1.42. The topological polar surface area (TPSA) is 65.4 Å². The Morgan fingerprint density at radius 2 is 2.12 bits per heavy atom. The number of halogens is 1. The lowest BCUT2D eigenvalue weighted by atomic mass is 10.4. The molecule has 5 nitrogen and oxygen atoms in total. The van der Waals surface area contributed by atoms with Gasteiger partial charge in [-0.1, -0.05) is 6.92 Å². The molecule has 0 atom stereocenters. The van der Waals surface area contributed by atoms with Crippen LogP contribution in [0.25, 0.3) is 0 Å². The minimum atomic E-state index is -3.83. The van der Waals surface area contributed by atoms with Gasteiger partial charge in [-0.3, -0.25) is 0 Å². The van der Waals surface area contributed by atoms with E-state index in [1.807, 2.05) is 6.92 Å². The van der Waals surface area contributed by atoms with Crippen molar-refractivity contribution < 1.29 is 17.9 Å². The number of ether oxygens (including phenoxy) is 1. The van der Waals surface area contributed by atoms with Gasteiger partial charge in [0.1, 0.15) is 10.6 Å². The third-order valence-corrected chi connectivity index (χ3v) is 3.42. The summed E-state index contributed by atoms with van der Waals surface area (Å²) in [5.41, 5.74) is 0.202. The highest BCUT2D eigenvalue weighted by Crippen LogP contribution is 2.19. The van der Waals surface area contributed by atoms with E-state index in [0.717, 1.165) is 6.42 Å². The molecule has 1 aromatic heterocycles. The standard InChI is InChI=1S/C10H14ClNO4S/c1-3-5-12-7-8(17(11,14)15)6-9(12)10(13)16-4-2/h6-7H,3-5H2,1-2H3. The first-order chi connectivity index (χ1) is 7.90. The second kappa shape index (κ2) is 5.55. The third kappa shape index (κ3) is 3.47. The van der Waals surface area contributed by atoms with Crippen LogP contribution < -0.4 is 0 Å². The van der Waals surface area contributed by atoms with Crippen molar-refractivity contribution in [2.45, 2.75) is 31.7 Å². The molecular formula is C10H14ClNO4S. The molecule has 0 unspecified atom stereocenters. The maximum absolute atomic E-state index is 11.6. The SMILES string of the molecule is CCCn1cc(S(=O)(=O)Cl)cc1C(=O)OCC. The number of esters is 1. The normalized spacial score (nSPS) is 11.5. The molecule has 0 aliphatic rings. The zero-order valence-corrected chi connectivity index (χ0v) is 11.2. The lowest BCUT2D eigenvalue weighted by Crippen LogP contribution is -2.11. The molecule has 96 valence electrons. The molecule has 0 spiro atoms. The van der Waals surface area contributed by atoms with Crippen LogP contribution in [-0.2, 0) is 20.3 Å². The summed E-state index contributed by atoms with van der Waals surface area (Å²) in [6, 6.07) is 1.23. The molecule has 1 heterocycles. The van der Waals surface area contributed by atoms with Crippen molar-refractivity contribution in [3.63, 3.8) is 0 Å². The number of hydrogen-bond acceptors (Lipinski definition) is 4.